The monoisotopic (exact) mass is 490 g/mol. The molecule has 0 radical (unpaired) electrons. The summed E-state index contributed by atoms with van der Waals surface area (Å²) in [7, 11) is 1.28. The molecule has 0 saturated carbocycles. The number of fused-ring (bicyclic) bond motifs is 1. The van der Waals surface area contributed by atoms with Gasteiger partial charge in [0.25, 0.3) is 0 Å². The molecule has 3 aromatic rings. The van der Waals surface area contributed by atoms with Gasteiger partial charge in [-0.3, -0.25) is 9.36 Å². The van der Waals surface area contributed by atoms with E-state index in [1.807, 2.05) is 55.5 Å². The fourth-order valence-electron chi connectivity index (χ4n) is 3.91. The lowest BCUT2D eigenvalue weighted by Gasteiger charge is -2.23. The molecule has 1 aliphatic rings. The van der Waals surface area contributed by atoms with Crippen LogP contribution < -0.4 is 16.3 Å². The van der Waals surface area contributed by atoms with Crippen LogP contribution in [-0.4, -0.2) is 36.1 Å². The lowest BCUT2D eigenvalue weighted by atomic mass is 10.1. The van der Waals surface area contributed by atoms with Crippen LogP contribution >= 0.6 is 11.8 Å². The molecule has 0 saturated heterocycles. The second-order valence-electron chi connectivity index (χ2n) is 7.97. The van der Waals surface area contributed by atoms with Crippen LogP contribution in [0, 0.1) is 0 Å². The average molecular weight is 491 g/mol. The Morgan fingerprint density at radius 1 is 1.06 bits per heavy atom. The molecule has 8 heteroatoms. The van der Waals surface area contributed by atoms with Gasteiger partial charge in [-0.1, -0.05) is 85.8 Å². The standard InChI is InChI=1S/C27H26N2O5S/c1-3-4-15-34-26(31)22-20(28)19(16-17-11-7-5-8-12-17)21-24(27(32)33-2)35-23(25(30)29(21)22)18-13-9-6-10-14-18/h5-14,16,23H,3-4,15,28H2,1-2H3/b19-16+/t23-/m1/s1. The number of thioether (sulfide) groups is 1. The average Bonchev–Trinajstić information content (AvgIpc) is 3.17. The van der Waals surface area contributed by atoms with Crippen LogP contribution in [0.4, 0.5) is 5.69 Å². The van der Waals surface area contributed by atoms with Gasteiger partial charge in [-0.15, -0.1) is 0 Å². The molecule has 1 aromatic heterocycles. The third-order valence-corrected chi connectivity index (χ3v) is 6.96. The summed E-state index contributed by atoms with van der Waals surface area (Å²) in [6.07, 6.45) is 3.27. The molecule has 2 heterocycles. The molecule has 0 bridgehead atoms. The van der Waals surface area contributed by atoms with Crippen molar-refractivity contribution in [3.05, 3.63) is 88.1 Å². The third-order valence-electron chi connectivity index (χ3n) is 5.65. The highest BCUT2D eigenvalue weighted by Gasteiger charge is 2.38. The number of nitrogens with zero attached hydrogens (tertiary/aromatic N) is 1. The summed E-state index contributed by atoms with van der Waals surface area (Å²) in [4.78, 5) is 40.2. The van der Waals surface area contributed by atoms with Crippen LogP contribution in [0.2, 0.25) is 0 Å². The molecular formula is C27H26N2O5S. The summed E-state index contributed by atoms with van der Waals surface area (Å²) in [5, 5.41) is -0.134. The molecule has 0 fully saturated rings. The van der Waals surface area contributed by atoms with Gasteiger partial charge in [0, 0.05) is 5.22 Å². The topological polar surface area (TPSA) is 101 Å². The summed E-state index contributed by atoms with van der Waals surface area (Å²) in [5.41, 5.74) is 8.00. The van der Waals surface area contributed by atoms with Crippen molar-refractivity contribution in [2.24, 2.45) is 0 Å². The molecule has 0 aliphatic carbocycles. The number of anilines is 1. The van der Waals surface area contributed by atoms with E-state index in [0.29, 0.717) is 17.2 Å². The zero-order valence-corrected chi connectivity index (χ0v) is 20.3. The van der Waals surface area contributed by atoms with Crippen molar-refractivity contribution < 1.29 is 23.9 Å². The van der Waals surface area contributed by atoms with Gasteiger partial charge in [0.05, 0.1) is 24.8 Å². The molecule has 4 rings (SSSR count). The number of unbranched alkanes of at least 4 members (excludes halogenated alkanes) is 1. The first-order valence-corrected chi connectivity index (χ1v) is 12.2. The van der Waals surface area contributed by atoms with E-state index in [-0.39, 0.29) is 34.1 Å². The molecule has 2 N–H and O–H groups in total. The number of rotatable bonds is 7. The molecule has 0 amide bonds. The maximum Gasteiger partial charge on any atom is 0.357 e. The van der Waals surface area contributed by atoms with Gasteiger partial charge in [0.1, 0.15) is 10.2 Å². The van der Waals surface area contributed by atoms with Crippen molar-refractivity contribution in [3.63, 3.8) is 0 Å². The lowest BCUT2D eigenvalue weighted by Crippen LogP contribution is -2.42. The van der Waals surface area contributed by atoms with E-state index in [2.05, 4.69) is 0 Å². The van der Waals surface area contributed by atoms with Gasteiger partial charge in [0.2, 0.25) is 5.91 Å². The quantitative estimate of drug-likeness (QED) is 0.401. The number of methoxy groups -OCH3 is 1. The number of nitrogens with two attached hydrogens (primary N) is 1. The van der Waals surface area contributed by atoms with Gasteiger partial charge in [0.15, 0.2) is 5.69 Å². The summed E-state index contributed by atoms with van der Waals surface area (Å²) >= 11 is 1.09. The van der Waals surface area contributed by atoms with Crippen LogP contribution in [0.1, 0.15) is 51.4 Å². The lowest BCUT2D eigenvalue weighted by molar-refractivity contribution is -0.133. The highest BCUT2D eigenvalue weighted by atomic mass is 32.2. The minimum Gasteiger partial charge on any atom is -0.465 e. The minimum absolute atomic E-state index is 0.0779. The van der Waals surface area contributed by atoms with Crippen molar-refractivity contribution in [3.8, 4) is 0 Å². The molecule has 7 nitrogen and oxygen atoms in total. The number of hydrogen-bond acceptors (Lipinski definition) is 7. The molecule has 1 atom stereocenters. The van der Waals surface area contributed by atoms with Gasteiger partial charge >= 0.3 is 11.9 Å². The van der Waals surface area contributed by atoms with Crippen LogP contribution in [0.15, 0.2) is 60.7 Å². The Labute approximate surface area is 207 Å². The van der Waals surface area contributed by atoms with E-state index in [0.717, 1.165) is 23.7 Å². The molecule has 35 heavy (non-hydrogen) atoms. The molecule has 180 valence electrons. The number of carbonyl (C=O) groups is 3. The first-order valence-electron chi connectivity index (χ1n) is 11.3. The van der Waals surface area contributed by atoms with Crippen LogP contribution in [0.3, 0.4) is 0 Å². The first-order chi connectivity index (χ1) is 17.0. The number of carbonyl (C=O) groups excluding carboxylic acids is 3. The summed E-state index contributed by atoms with van der Waals surface area (Å²) in [5.74, 6) is -1.71. The molecule has 0 unspecified atom stereocenters. The van der Waals surface area contributed by atoms with Crippen molar-refractivity contribution in [1.29, 1.82) is 0 Å². The second-order valence-corrected chi connectivity index (χ2v) is 9.09. The summed E-state index contributed by atoms with van der Waals surface area (Å²) in [6, 6.07) is 18.4. The maximum atomic E-state index is 13.8. The Bertz CT molecular complexity index is 1380. The number of esters is 2. The predicted molar refractivity (Wildman–Crippen MR) is 136 cm³/mol. The predicted octanol–water partition coefficient (Wildman–Crippen LogP) is 3.27. The second kappa shape index (κ2) is 10.7. The zero-order chi connectivity index (χ0) is 24.9. The molecule has 2 aromatic carbocycles. The Balaban J connectivity index is 2.04. The van der Waals surface area contributed by atoms with E-state index in [1.54, 1.807) is 18.2 Å². The molecular weight excluding hydrogens is 464 g/mol. The fraction of sp³-hybridized carbons (Fsp3) is 0.222. The molecule has 0 spiro atoms. The number of nitrogen functional groups attached to an aromatic ring is 1. The van der Waals surface area contributed by atoms with Gasteiger partial charge in [-0.2, -0.15) is 0 Å². The largest absolute Gasteiger partial charge is 0.465 e. The first kappa shape index (κ1) is 24.3. The Hall–Kier alpha value is -3.78. The van der Waals surface area contributed by atoms with Crippen LogP contribution in [0.25, 0.3) is 11.0 Å². The van der Waals surface area contributed by atoms with Gasteiger partial charge < -0.3 is 15.2 Å². The van der Waals surface area contributed by atoms with E-state index in [4.69, 9.17) is 15.2 Å². The summed E-state index contributed by atoms with van der Waals surface area (Å²) in [6.45, 7) is 2.18. The van der Waals surface area contributed by atoms with Crippen molar-refractivity contribution in [2.45, 2.75) is 25.0 Å². The normalized spacial score (nSPS) is 15.6. The van der Waals surface area contributed by atoms with Gasteiger partial charge in [-0.05, 0) is 23.6 Å². The van der Waals surface area contributed by atoms with Crippen LogP contribution in [0.5, 0.6) is 0 Å². The smallest absolute Gasteiger partial charge is 0.357 e. The van der Waals surface area contributed by atoms with Crippen molar-refractivity contribution >= 4 is 46.3 Å². The SMILES string of the molecule is CCCCOC(=O)c1c(N)/c(=C\c2ccccc2)c2n1C(=O)[C@@H](c1ccccc1)SC=2C(=O)OC. The van der Waals surface area contributed by atoms with E-state index >= 15 is 0 Å². The minimum atomic E-state index is -0.767. The van der Waals surface area contributed by atoms with Crippen molar-refractivity contribution in [2.75, 3.05) is 19.5 Å². The zero-order valence-electron chi connectivity index (χ0n) is 19.5. The number of ether oxygens (including phenoxy) is 2. The third kappa shape index (κ3) is 4.74. The van der Waals surface area contributed by atoms with E-state index in [9.17, 15) is 14.4 Å². The highest BCUT2D eigenvalue weighted by Crippen LogP contribution is 2.39. The van der Waals surface area contributed by atoms with Crippen molar-refractivity contribution in [1.82, 2.24) is 4.57 Å². The Kier molecular flexibility index (Phi) is 7.41. The fourth-order valence-corrected chi connectivity index (χ4v) is 5.14. The van der Waals surface area contributed by atoms with Gasteiger partial charge in [-0.25, -0.2) is 9.59 Å². The summed E-state index contributed by atoms with van der Waals surface area (Å²) < 4.78 is 11.8. The number of hydrogen-bond donors (Lipinski definition) is 1. The highest BCUT2D eigenvalue weighted by molar-refractivity contribution is 8.10. The van der Waals surface area contributed by atoms with E-state index < -0.39 is 17.2 Å². The number of aromatic nitrogens is 1. The molecule has 1 aliphatic heterocycles. The Morgan fingerprint density at radius 2 is 1.71 bits per heavy atom. The van der Waals surface area contributed by atoms with Crippen LogP contribution in [-0.2, 0) is 14.3 Å². The van der Waals surface area contributed by atoms with E-state index in [1.165, 1.54) is 11.7 Å². The maximum absolute atomic E-state index is 13.8. The number of benzene rings is 2. The Morgan fingerprint density at radius 3 is 2.34 bits per heavy atom.